The zero-order valence-electron chi connectivity index (χ0n) is 12.2. The van der Waals surface area contributed by atoms with Crippen molar-refractivity contribution in [2.75, 3.05) is 12.0 Å². The summed E-state index contributed by atoms with van der Waals surface area (Å²) in [6.45, 7) is 0. The summed E-state index contributed by atoms with van der Waals surface area (Å²) in [4.78, 5) is 26.0. The molecule has 1 heterocycles. The van der Waals surface area contributed by atoms with E-state index in [1.165, 1.54) is 12.1 Å². The maximum absolute atomic E-state index is 12.9. The Balaban J connectivity index is 1.88. The summed E-state index contributed by atoms with van der Waals surface area (Å²) in [6.07, 6.45) is 1.58. The Morgan fingerprint density at radius 3 is 2.30 bits per heavy atom. The fourth-order valence-electron chi connectivity index (χ4n) is 2.13. The van der Waals surface area contributed by atoms with E-state index in [-0.39, 0.29) is 11.1 Å². The first-order valence-electron chi connectivity index (χ1n) is 6.76. The van der Waals surface area contributed by atoms with Crippen LogP contribution in [0.2, 0.25) is 0 Å². The Hall–Kier alpha value is -2.60. The number of halogens is 1. The molecule has 1 saturated heterocycles. The summed E-state index contributed by atoms with van der Waals surface area (Å²) >= 11 is 0.859. The number of nitrogens with zero attached hydrogens (tertiary/aromatic N) is 1. The molecule has 23 heavy (non-hydrogen) atoms. The van der Waals surface area contributed by atoms with E-state index in [1.54, 1.807) is 49.6 Å². The van der Waals surface area contributed by atoms with Crippen molar-refractivity contribution >= 4 is 34.7 Å². The molecule has 6 heteroatoms. The molecule has 1 aliphatic rings. The lowest BCUT2D eigenvalue weighted by Gasteiger charge is -2.12. The van der Waals surface area contributed by atoms with Gasteiger partial charge < -0.3 is 4.74 Å². The number of carbonyl (C=O) groups excluding carboxylic acids is 2. The third-order valence-corrected chi connectivity index (χ3v) is 4.16. The van der Waals surface area contributed by atoms with Crippen molar-refractivity contribution in [3.05, 3.63) is 64.8 Å². The normalized spacial score (nSPS) is 16.3. The largest absolute Gasteiger partial charge is 0.497 e. The Bertz CT molecular complexity index is 784. The lowest BCUT2D eigenvalue weighted by atomic mass is 10.2. The molecule has 0 N–H and O–H groups in total. The van der Waals surface area contributed by atoms with Crippen LogP contribution in [0, 0.1) is 5.82 Å². The van der Waals surface area contributed by atoms with Gasteiger partial charge >= 0.3 is 0 Å². The van der Waals surface area contributed by atoms with Gasteiger partial charge in [0.05, 0.1) is 17.7 Å². The summed E-state index contributed by atoms with van der Waals surface area (Å²) in [6, 6.07) is 12.4. The average molecular weight is 329 g/mol. The number of rotatable bonds is 3. The number of hydrogen-bond acceptors (Lipinski definition) is 4. The highest BCUT2D eigenvalue weighted by Crippen LogP contribution is 2.36. The highest BCUT2D eigenvalue weighted by molar-refractivity contribution is 8.19. The number of thioether (sulfide) groups is 1. The summed E-state index contributed by atoms with van der Waals surface area (Å²) < 4.78 is 18.0. The summed E-state index contributed by atoms with van der Waals surface area (Å²) in [7, 11) is 1.54. The molecule has 4 nitrogen and oxygen atoms in total. The molecular formula is C17H12FNO3S. The molecule has 0 aromatic heterocycles. The first kappa shape index (κ1) is 15.3. The van der Waals surface area contributed by atoms with E-state index in [9.17, 15) is 14.0 Å². The van der Waals surface area contributed by atoms with Gasteiger partial charge in [0.1, 0.15) is 11.6 Å². The maximum Gasteiger partial charge on any atom is 0.298 e. The van der Waals surface area contributed by atoms with E-state index in [0.29, 0.717) is 21.9 Å². The number of anilines is 1. The van der Waals surface area contributed by atoms with E-state index in [4.69, 9.17) is 4.74 Å². The van der Waals surface area contributed by atoms with E-state index < -0.39 is 5.91 Å². The Labute approximate surface area is 136 Å². The minimum Gasteiger partial charge on any atom is -0.497 e. The molecule has 1 fully saturated rings. The predicted molar refractivity (Wildman–Crippen MR) is 87.8 cm³/mol. The van der Waals surface area contributed by atoms with Gasteiger partial charge in [-0.3, -0.25) is 9.59 Å². The SMILES string of the molecule is COc1ccc(N2C(=O)SC(=Cc3ccc(F)cc3)C2=O)cc1. The molecule has 0 bridgehead atoms. The average Bonchev–Trinajstić information content (AvgIpc) is 2.84. The van der Waals surface area contributed by atoms with Crippen LogP contribution in [0.3, 0.4) is 0 Å². The van der Waals surface area contributed by atoms with Crippen LogP contribution in [-0.4, -0.2) is 18.3 Å². The second-order valence-corrected chi connectivity index (χ2v) is 5.76. The van der Waals surface area contributed by atoms with Gasteiger partial charge in [0.15, 0.2) is 0 Å². The highest BCUT2D eigenvalue weighted by atomic mass is 32.2. The number of benzene rings is 2. The third kappa shape index (κ3) is 3.12. The quantitative estimate of drug-likeness (QED) is 0.796. The number of carbonyl (C=O) groups is 2. The van der Waals surface area contributed by atoms with Crippen LogP contribution in [0.25, 0.3) is 6.08 Å². The highest BCUT2D eigenvalue weighted by Gasteiger charge is 2.36. The fourth-order valence-corrected chi connectivity index (χ4v) is 2.97. The Morgan fingerprint density at radius 2 is 1.70 bits per heavy atom. The second-order valence-electron chi connectivity index (χ2n) is 4.77. The standard InChI is InChI=1S/C17H12FNO3S/c1-22-14-8-6-13(7-9-14)19-16(20)15(23-17(19)21)10-11-2-4-12(18)5-3-11/h2-10H,1H3. The van der Waals surface area contributed by atoms with Crippen LogP contribution in [0.1, 0.15) is 5.56 Å². The molecule has 2 amide bonds. The smallest absolute Gasteiger partial charge is 0.298 e. The molecule has 0 aliphatic carbocycles. The van der Waals surface area contributed by atoms with Crippen molar-refractivity contribution in [1.29, 1.82) is 0 Å². The summed E-state index contributed by atoms with van der Waals surface area (Å²) in [5, 5.41) is -0.367. The molecule has 0 unspecified atom stereocenters. The Kier molecular flexibility index (Phi) is 4.16. The van der Waals surface area contributed by atoms with Gasteiger partial charge in [0, 0.05) is 0 Å². The van der Waals surface area contributed by atoms with Crippen molar-refractivity contribution in [2.45, 2.75) is 0 Å². The summed E-state index contributed by atoms with van der Waals surface area (Å²) in [5.74, 6) is -0.106. The third-order valence-electron chi connectivity index (χ3n) is 3.29. The number of methoxy groups -OCH3 is 1. The van der Waals surface area contributed by atoms with Gasteiger partial charge in [-0.2, -0.15) is 0 Å². The van der Waals surface area contributed by atoms with E-state index in [1.807, 2.05) is 0 Å². The van der Waals surface area contributed by atoms with Crippen molar-refractivity contribution in [1.82, 2.24) is 0 Å². The van der Waals surface area contributed by atoms with Crippen molar-refractivity contribution in [3.63, 3.8) is 0 Å². The zero-order valence-corrected chi connectivity index (χ0v) is 13.0. The molecule has 0 saturated carbocycles. The van der Waals surface area contributed by atoms with Crippen LogP contribution in [0.4, 0.5) is 14.9 Å². The molecular weight excluding hydrogens is 317 g/mol. The van der Waals surface area contributed by atoms with Crippen molar-refractivity contribution in [2.24, 2.45) is 0 Å². The minimum atomic E-state index is -0.394. The van der Waals surface area contributed by atoms with E-state index in [0.717, 1.165) is 16.7 Å². The number of hydrogen-bond donors (Lipinski definition) is 0. The molecule has 116 valence electrons. The molecule has 2 aromatic carbocycles. The number of ether oxygens (including phenoxy) is 1. The molecule has 0 atom stereocenters. The van der Waals surface area contributed by atoms with Gasteiger partial charge in [0.25, 0.3) is 11.1 Å². The van der Waals surface area contributed by atoms with Crippen LogP contribution >= 0.6 is 11.8 Å². The fraction of sp³-hybridized carbons (Fsp3) is 0.0588. The van der Waals surface area contributed by atoms with E-state index >= 15 is 0 Å². The topological polar surface area (TPSA) is 46.6 Å². The molecule has 0 spiro atoms. The molecule has 3 rings (SSSR count). The van der Waals surface area contributed by atoms with Crippen LogP contribution < -0.4 is 9.64 Å². The summed E-state index contributed by atoms with van der Waals surface area (Å²) in [5.41, 5.74) is 1.14. The van der Waals surface area contributed by atoms with Crippen LogP contribution in [0.15, 0.2) is 53.4 Å². The monoisotopic (exact) mass is 329 g/mol. The first-order chi connectivity index (χ1) is 11.1. The lowest BCUT2D eigenvalue weighted by molar-refractivity contribution is -0.113. The zero-order chi connectivity index (χ0) is 16.4. The van der Waals surface area contributed by atoms with Gasteiger partial charge in [-0.25, -0.2) is 9.29 Å². The maximum atomic E-state index is 12.9. The molecule has 1 aliphatic heterocycles. The minimum absolute atomic E-state index is 0.303. The molecule has 0 radical (unpaired) electrons. The predicted octanol–water partition coefficient (Wildman–Crippen LogP) is 4.08. The number of amides is 2. The van der Waals surface area contributed by atoms with Crippen LogP contribution in [-0.2, 0) is 4.79 Å². The van der Waals surface area contributed by atoms with E-state index in [2.05, 4.69) is 0 Å². The van der Waals surface area contributed by atoms with Gasteiger partial charge in [-0.15, -0.1) is 0 Å². The van der Waals surface area contributed by atoms with Crippen LogP contribution in [0.5, 0.6) is 5.75 Å². The number of imide groups is 1. The van der Waals surface area contributed by atoms with Crippen molar-refractivity contribution in [3.8, 4) is 5.75 Å². The van der Waals surface area contributed by atoms with Gasteiger partial charge in [0.2, 0.25) is 0 Å². The molecule has 2 aromatic rings. The first-order valence-corrected chi connectivity index (χ1v) is 7.58. The van der Waals surface area contributed by atoms with Gasteiger partial charge in [-0.1, -0.05) is 12.1 Å². The van der Waals surface area contributed by atoms with Crippen molar-refractivity contribution < 1.29 is 18.7 Å². The lowest BCUT2D eigenvalue weighted by Crippen LogP contribution is -2.27. The second kappa shape index (κ2) is 6.26. The Morgan fingerprint density at radius 1 is 1.04 bits per heavy atom. The van der Waals surface area contributed by atoms with Gasteiger partial charge in [-0.05, 0) is 59.8 Å².